The maximum atomic E-state index is 13.2. The number of hydrogen-bond acceptors (Lipinski definition) is 1. The Morgan fingerprint density at radius 3 is 1.76 bits per heavy atom. The Morgan fingerprint density at radius 1 is 0.690 bits per heavy atom. The van der Waals surface area contributed by atoms with Crippen LogP contribution in [0, 0.1) is 0 Å². The van der Waals surface area contributed by atoms with Crippen molar-refractivity contribution in [3.05, 3.63) is 89.5 Å². The summed E-state index contributed by atoms with van der Waals surface area (Å²) < 4.78 is 78.9. The van der Waals surface area contributed by atoms with E-state index in [9.17, 15) is 31.1 Å². The molecule has 29 heavy (non-hydrogen) atoms. The lowest BCUT2D eigenvalue weighted by Gasteiger charge is -2.16. The van der Waals surface area contributed by atoms with Crippen LogP contribution in [0.25, 0.3) is 11.1 Å². The summed E-state index contributed by atoms with van der Waals surface area (Å²) >= 11 is 0. The first kappa shape index (κ1) is 20.4. The number of hydrogen-bond donors (Lipinski definition) is 1. The summed E-state index contributed by atoms with van der Waals surface area (Å²) in [7, 11) is 0. The van der Waals surface area contributed by atoms with Crippen molar-refractivity contribution >= 4 is 11.6 Å². The topological polar surface area (TPSA) is 29.1 Å². The van der Waals surface area contributed by atoms with E-state index in [1.165, 1.54) is 24.3 Å². The number of anilines is 1. The first-order chi connectivity index (χ1) is 13.6. The number of halogens is 6. The molecule has 0 radical (unpaired) electrons. The molecule has 0 aromatic heterocycles. The molecule has 1 amide bonds. The standard InChI is InChI=1S/C21H13F6NO/c22-20(23,24)14-10-13(11-15(12-14)21(25,26)27)17-8-4-5-9-18(17)19(29)28-16-6-2-1-3-7-16/h1-12H,(H,28,29). The van der Waals surface area contributed by atoms with Gasteiger partial charge in [0.25, 0.3) is 5.91 Å². The third kappa shape index (κ3) is 4.77. The highest BCUT2D eigenvalue weighted by atomic mass is 19.4. The second kappa shape index (κ2) is 7.62. The van der Waals surface area contributed by atoms with Crippen LogP contribution in [-0.4, -0.2) is 5.91 Å². The first-order valence-corrected chi connectivity index (χ1v) is 8.31. The molecule has 0 aliphatic heterocycles. The second-order valence-electron chi connectivity index (χ2n) is 6.16. The normalized spacial score (nSPS) is 11.9. The van der Waals surface area contributed by atoms with E-state index >= 15 is 0 Å². The fraction of sp³-hybridized carbons (Fsp3) is 0.0952. The van der Waals surface area contributed by atoms with E-state index in [1.807, 2.05) is 0 Å². The maximum absolute atomic E-state index is 13.2. The zero-order chi connectivity index (χ0) is 21.2. The number of benzene rings is 3. The number of carbonyl (C=O) groups is 1. The molecule has 0 saturated heterocycles. The lowest BCUT2D eigenvalue weighted by atomic mass is 9.95. The van der Waals surface area contributed by atoms with Gasteiger partial charge in [-0.05, 0) is 47.5 Å². The minimum atomic E-state index is -4.97. The van der Waals surface area contributed by atoms with Crippen LogP contribution in [0.2, 0.25) is 0 Å². The van der Waals surface area contributed by atoms with Gasteiger partial charge in [0.1, 0.15) is 0 Å². The molecule has 3 aromatic rings. The first-order valence-electron chi connectivity index (χ1n) is 8.31. The molecule has 0 saturated carbocycles. The largest absolute Gasteiger partial charge is 0.416 e. The van der Waals surface area contributed by atoms with E-state index in [4.69, 9.17) is 0 Å². The number of alkyl halides is 6. The molecule has 2 nitrogen and oxygen atoms in total. The van der Waals surface area contributed by atoms with Crippen LogP contribution in [0.3, 0.4) is 0 Å². The van der Waals surface area contributed by atoms with Gasteiger partial charge in [-0.1, -0.05) is 36.4 Å². The summed E-state index contributed by atoms with van der Waals surface area (Å²) in [6.07, 6.45) is -9.95. The van der Waals surface area contributed by atoms with Gasteiger partial charge in [0.05, 0.1) is 11.1 Å². The van der Waals surface area contributed by atoms with Crippen molar-refractivity contribution in [2.24, 2.45) is 0 Å². The van der Waals surface area contributed by atoms with E-state index in [1.54, 1.807) is 30.3 Å². The van der Waals surface area contributed by atoms with Crippen LogP contribution in [0.1, 0.15) is 21.5 Å². The molecule has 0 fully saturated rings. The van der Waals surface area contributed by atoms with Crippen molar-refractivity contribution < 1.29 is 31.1 Å². The molecular weight excluding hydrogens is 396 g/mol. The molecule has 0 aliphatic carbocycles. The molecule has 3 rings (SSSR count). The number of amides is 1. The molecule has 150 valence electrons. The van der Waals surface area contributed by atoms with Gasteiger partial charge in [-0.25, -0.2) is 0 Å². The third-order valence-electron chi connectivity index (χ3n) is 4.10. The van der Waals surface area contributed by atoms with Gasteiger partial charge in [0, 0.05) is 11.3 Å². The summed E-state index contributed by atoms with van der Waals surface area (Å²) in [5.41, 5.74) is -2.90. The molecule has 0 aliphatic rings. The monoisotopic (exact) mass is 409 g/mol. The van der Waals surface area contributed by atoms with Crippen LogP contribution in [0.4, 0.5) is 32.0 Å². The predicted molar refractivity (Wildman–Crippen MR) is 96.3 cm³/mol. The molecule has 0 bridgehead atoms. The van der Waals surface area contributed by atoms with E-state index < -0.39 is 29.4 Å². The van der Waals surface area contributed by atoms with E-state index in [2.05, 4.69) is 5.32 Å². The van der Waals surface area contributed by atoms with Crippen LogP contribution in [-0.2, 0) is 12.4 Å². The predicted octanol–water partition coefficient (Wildman–Crippen LogP) is 6.64. The zero-order valence-electron chi connectivity index (χ0n) is 14.6. The van der Waals surface area contributed by atoms with E-state index in [0.717, 1.165) is 0 Å². The number of carbonyl (C=O) groups excluding carboxylic acids is 1. The summed E-state index contributed by atoms with van der Waals surface area (Å²) in [6.45, 7) is 0. The van der Waals surface area contributed by atoms with Gasteiger partial charge in [-0.15, -0.1) is 0 Å². The smallest absolute Gasteiger partial charge is 0.322 e. The molecule has 8 heteroatoms. The van der Waals surface area contributed by atoms with Crippen LogP contribution in [0.5, 0.6) is 0 Å². The fourth-order valence-corrected chi connectivity index (χ4v) is 2.76. The highest BCUT2D eigenvalue weighted by Gasteiger charge is 2.37. The van der Waals surface area contributed by atoms with Crippen LogP contribution >= 0.6 is 0 Å². The van der Waals surface area contributed by atoms with Gasteiger partial charge < -0.3 is 5.32 Å². The van der Waals surface area contributed by atoms with Crippen LogP contribution < -0.4 is 5.32 Å². The fourth-order valence-electron chi connectivity index (χ4n) is 2.76. The zero-order valence-corrected chi connectivity index (χ0v) is 14.6. The van der Waals surface area contributed by atoms with Gasteiger partial charge in [0.15, 0.2) is 0 Å². The highest BCUT2D eigenvalue weighted by molar-refractivity contribution is 6.08. The van der Waals surface area contributed by atoms with Crippen LogP contribution in [0.15, 0.2) is 72.8 Å². The van der Waals surface area contributed by atoms with Crippen molar-refractivity contribution in [1.29, 1.82) is 0 Å². The van der Waals surface area contributed by atoms with Crippen molar-refractivity contribution in [3.63, 3.8) is 0 Å². The van der Waals surface area contributed by atoms with Gasteiger partial charge in [0.2, 0.25) is 0 Å². The van der Waals surface area contributed by atoms with Gasteiger partial charge in [-0.2, -0.15) is 26.3 Å². The van der Waals surface area contributed by atoms with Crippen molar-refractivity contribution in [2.45, 2.75) is 12.4 Å². The quantitative estimate of drug-likeness (QED) is 0.483. The SMILES string of the molecule is O=C(Nc1ccccc1)c1ccccc1-c1cc(C(F)(F)F)cc(C(F)(F)F)c1. The molecule has 3 aromatic carbocycles. The summed E-state index contributed by atoms with van der Waals surface area (Å²) in [6, 6.07) is 15.1. The van der Waals surface area contributed by atoms with E-state index in [0.29, 0.717) is 17.8 Å². The lowest BCUT2D eigenvalue weighted by molar-refractivity contribution is -0.143. The summed E-state index contributed by atoms with van der Waals surface area (Å²) in [5.74, 6) is -0.655. The Labute approximate surface area is 161 Å². The van der Waals surface area contributed by atoms with Crippen molar-refractivity contribution in [1.82, 2.24) is 0 Å². The Morgan fingerprint density at radius 2 is 1.21 bits per heavy atom. The lowest BCUT2D eigenvalue weighted by Crippen LogP contribution is -2.14. The molecule has 0 atom stereocenters. The maximum Gasteiger partial charge on any atom is 0.416 e. The average molecular weight is 409 g/mol. The van der Waals surface area contributed by atoms with Crippen molar-refractivity contribution in [2.75, 3.05) is 5.32 Å². The third-order valence-corrected chi connectivity index (χ3v) is 4.10. The molecule has 0 unspecified atom stereocenters. The minimum absolute atomic E-state index is 0.0440. The summed E-state index contributed by atoms with van der Waals surface area (Å²) in [4.78, 5) is 12.6. The molecular formula is C21H13F6NO. The minimum Gasteiger partial charge on any atom is -0.322 e. The highest BCUT2D eigenvalue weighted by Crippen LogP contribution is 2.39. The molecule has 0 spiro atoms. The Balaban J connectivity index is 2.11. The average Bonchev–Trinajstić information content (AvgIpc) is 2.67. The molecule has 1 N–H and O–H groups in total. The number of nitrogens with one attached hydrogen (secondary N) is 1. The summed E-state index contributed by atoms with van der Waals surface area (Å²) in [5, 5.41) is 2.57. The number of rotatable bonds is 3. The van der Waals surface area contributed by atoms with Crippen molar-refractivity contribution in [3.8, 4) is 11.1 Å². The van der Waals surface area contributed by atoms with Gasteiger partial charge >= 0.3 is 12.4 Å². The Kier molecular flexibility index (Phi) is 5.37. The molecule has 0 heterocycles. The number of para-hydroxylation sites is 1. The Bertz CT molecular complexity index is 993. The second-order valence-corrected chi connectivity index (χ2v) is 6.16. The van der Waals surface area contributed by atoms with E-state index in [-0.39, 0.29) is 22.8 Å². The van der Waals surface area contributed by atoms with Gasteiger partial charge in [-0.3, -0.25) is 4.79 Å². The Hall–Kier alpha value is -3.29.